The van der Waals surface area contributed by atoms with E-state index < -0.39 is 11.9 Å². The van der Waals surface area contributed by atoms with Crippen LogP contribution in [0.2, 0.25) is 0 Å². The number of amides is 1. The van der Waals surface area contributed by atoms with Crippen LogP contribution in [0, 0.1) is 0 Å². The quantitative estimate of drug-likeness (QED) is 0.804. The molecule has 0 radical (unpaired) electrons. The molecule has 23 heavy (non-hydrogen) atoms. The molecule has 2 aromatic rings. The summed E-state index contributed by atoms with van der Waals surface area (Å²) in [4.78, 5) is 22.8. The molecular formula is C18H17NO4. The number of allylic oxidation sites excluding steroid dienone is 1. The average Bonchev–Trinajstić information content (AvgIpc) is 2.53. The third kappa shape index (κ3) is 5.00. The lowest BCUT2D eigenvalue weighted by atomic mass is 10.2. The summed E-state index contributed by atoms with van der Waals surface area (Å²) in [7, 11) is 0. The molecule has 0 fully saturated rings. The molecule has 5 heteroatoms. The molecule has 0 heterocycles. The van der Waals surface area contributed by atoms with Gasteiger partial charge < -0.3 is 15.2 Å². The number of carboxylic acid groups (broad SMARTS) is 1. The van der Waals surface area contributed by atoms with Gasteiger partial charge >= 0.3 is 5.97 Å². The van der Waals surface area contributed by atoms with Gasteiger partial charge in [-0.2, -0.15) is 0 Å². The van der Waals surface area contributed by atoms with Crippen LogP contribution >= 0.6 is 0 Å². The Hall–Kier alpha value is -3.08. The number of nitrogens with one attached hydrogen (secondary N) is 1. The number of ether oxygens (including phenoxy) is 1. The standard InChI is InChI=1S/C18H17NO4/c1-13(11-17(20)21)19-18(22)15-9-5-6-10-16(15)23-12-14-7-3-2-4-8-14/h2-11H,12H2,1H3,(H,19,22)(H,20,21)/b13-11-. The topological polar surface area (TPSA) is 75.6 Å². The number of hydrogen-bond acceptors (Lipinski definition) is 3. The number of carbonyl (C=O) groups excluding carboxylic acids is 1. The first-order valence-electron chi connectivity index (χ1n) is 7.04. The van der Waals surface area contributed by atoms with Crippen molar-refractivity contribution in [3.05, 3.63) is 77.5 Å². The van der Waals surface area contributed by atoms with Crippen LogP contribution in [0.3, 0.4) is 0 Å². The van der Waals surface area contributed by atoms with Crippen LogP contribution in [0.5, 0.6) is 5.75 Å². The molecule has 5 nitrogen and oxygen atoms in total. The van der Waals surface area contributed by atoms with E-state index in [1.807, 2.05) is 30.3 Å². The molecule has 0 saturated carbocycles. The summed E-state index contributed by atoms with van der Waals surface area (Å²) in [6, 6.07) is 16.4. The summed E-state index contributed by atoms with van der Waals surface area (Å²) in [6.45, 7) is 1.86. The number of benzene rings is 2. The molecular weight excluding hydrogens is 294 g/mol. The van der Waals surface area contributed by atoms with Crippen molar-refractivity contribution in [2.75, 3.05) is 0 Å². The third-order valence-electron chi connectivity index (χ3n) is 3.02. The predicted molar refractivity (Wildman–Crippen MR) is 86.1 cm³/mol. The van der Waals surface area contributed by atoms with Gasteiger partial charge in [0.25, 0.3) is 5.91 Å². The van der Waals surface area contributed by atoms with Crippen molar-refractivity contribution >= 4 is 11.9 Å². The van der Waals surface area contributed by atoms with E-state index in [1.54, 1.807) is 24.3 Å². The van der Waals surface area contributed by atoms with E-state index in [4.69, 9.17) is 9.84 Å². The maximum absolute atomic E-state index is 12.2. The summed E-state index contributed by atoms with van der Waals surface area (Å²) in [5, 5.41) is 11.2. The second kappa shape index (κ2) is 7.79. The predicted octanol–water partition coefficient (Wildman–Crippen LogP) is 2.98. The lowest BCUT2D eigenvalue weighted by molar-refractivity contribution is -0.131. The Bertz CT molecular complexity index is 723. The maximum Gasteiger partial charge on any atom is 0.330 e. The Morgan fingerprint density at radius 3 is 2.43 bits per heavy atom. The van der Waals surface area contributed by atoms with E-state index >= 15 is 0 Å². The third-order valence-corrected chi connectivity index (χ3v) is 3.02. The molecule has 2 N–H and O–H groups in total. The average molecular weight is 311 g/mol. The van der Waals surface area contributed by atoms with Crippen molar-refractivity contribution in [1.82, 2.24) is 5.32 Å². The fraction of sp³-hybridized carbons (Fsp3) is 0.111. The summed E-state index contributed by atoms with van der Waals surface area (Å²) < 4.78 is 5.71. The Morgan fingerprint density at radius 2 is 1.74 bits per heavy atom. The molecule has 118 valence electrons. The van der Waals surface area contributed by atoms with E-state index in [9.17, 15) is 9.59 Å². The number of aliphatic carboxylic acids is 1. The maximum atomic E-state index is 12.2. The van der Waals surface area contributed by atoms with Gasteiger partial charge in [-0.05, 0) is 24.6 Å². The zero-order valence-corrected chi connectivity index (χ0v) is 12.7. The summed E-state index contributed by atoms with van der Waals surface area (Å²) in [6.07, 6.45) is 0.936. The minimum Gasteiger partial charge on any atom is -0.488 e. The molecule has 0 aliphatic rings. The highest BCUT2D eigenvalue weighted by Gasteiger charge is 2.12. The van der Waals surface area contributed by atoms with Crippen molar-refractivity contribution < 1.29 is 19.4 Å². The molecule has 0 spiro atoms. The van der Waals surface area contributed by atoms with Crippen LogP contribution in [-0.4, -0.2) is 17.0 Å². The molecule has 0 bridgehead atoms. The fourth-order valence-electron chi connectivity index (χ4n) is 1.98. The van der Waals surface area contributed by atoms with Gasteiger partial charge in [0.05, 0.1) is 5.56 Å². The van der Waals surface area contributed by atoms with E-state index in [0.717, 1.165) is 11.6 Å². The van der Waals surface area contributed by atoms with Crippen LogP contribution in [0.15, 0.2) is 66.4 Å². The monoisotopic (exact) mass is 311 g/mol. The van der Waals surface area contributed by atoms with Crippen molar-refractivity contribution in [2.24, 2.45) is 0 Å². The van der Waals surface area contributed by atoms with Crippen molar-refractivity contribution in [3.8, 4) is 5.75 Å². The van der Waals surface area contributed by atoms with Crippen molar-refractivity contribution in [1.29, 1.82) is 0 Å². The lowest BCUT2D eigenvalue weighted by Crippen LogP contribution is -2.22. The van der Waals surface area contributed by atoms with Gasteiger partial charge in [0.1, 0.15) is 12.4 Å². The van der Waals surface area contributed by atoms with Gasteiger partial charge in [0, 0.05) is 11.8 Å². The number of hydrogen-bond donors (Lipinski definition) is 2. The van der Waals surface area contributed by atoms with E-state index in [-0.39, 0.29) is 5.70 Å². The van der Waals surface area contributed by atoms with Gasteiger partial charge in [-0.3, -0.25) is 4.79 Å². The SMILES string of the molecule is C/C(=C/C(=O)O)NC(=O)c1ccccc1OCc1ccccc1. The second-order valence-electron chi connectivity index (χ2n) is 4.89. The van der Waals surface area contributed by atoms with Gasteiger partial charge in [-0.25, -0.2) is 4.79 Å². The number of para-hydroxylation sites is 1. The van der Waals surface area contributed by atoms with Gasteiger partial charge in [0.15, 0.2) is 0 Å². The first-order valence-corrected chi connectivity index (χ1v) is 7.04. The summed E-state index contributed by atoms with van der Waals surface area (Å²) in [5.74, 6) is -1.09. The molecule has 2 aromatic carbocycles. The Morgan fingerprint density at radius 1 is 1.09 bits per heavy atom. The highest BCUT2D eigenvalue weighted by atomic mass is 16.5. The van der Waals surface area contributed by atoms with Gasteiger partial charge in [-0.1, -0.05) is 42.5 Å². The minimum atomic E-state index is -1.11. The molecule has 0 unspecified atom stereocenters. The summed E-state index contributed by atoms with van der Waals surface area (Å²) >= 11 is 0. The van der Waals surface area contributed by atoms with Crippen LogP contribution < -0.4 is 10.1 Å². The number of rotatable bonds is 6. The van der Waals surface area contributed by atoms with Gasteiger partial charge in [0.2, 0.25) is 0 Å². The normalized spacial score (nSPS) is 10.9. The van der Waals surface area contributed by atoms with Crippen molar-refractivity contribution in [2.45, 2.75) is 13.5 Å². The summed E-state index contributed by atoms with van der Waals surface area (Å²) in [5.41, 5.74) is 1.59. The van der Waals surface area contributed by atoms with Gasteiger partial charge in [-0.15, -0.1) is 0 Å². The largest absolute Gasteiger partial charge is 0.488 e. The zero-order chi connectivity index (χ0) is 16.7. The fourth-order valence-corrected chi connectivity index (χ4v) is 1.98. The number of carboxylic acids is 1. The van der Waals surface area contributed by atoms with E-state index in [2.05, 4.69) is 5.32 Å². The molecule has 0 aliphatic carbocycles. The molecule has 0 saturated heterocycles. The first kappa shape index (κ1) is 16.3. The Kier molecular flexibility index (Phi) is 5.52. The molecule has 2 rings (SSSR count). The molecule has 0 aromatic heterocycles. The lowest BCUT2D eigenvalue weighted by Gasteiger charge is -2.12. The zero-order valence-electron chi connectivity index (χ0n) is 12.7. The highest BCUT2D eigenvalue weighted by Crippen LogP contribution is 2.19. The Balaban J connectivity index is 2.10. The minimum absolute atomic E-state index is 0.250. The molecule has 0 atom stereocenters. The van der Waals surface area contributed by atoms with Crippen LogP contribution in [0.1, 0.15) is 22.8 Å². The first-order chi connectivity index (χ1) is 11.1. The molecule has 1 amide bonds. The van der Waals surface area contributed by atoms with Crippen LogP contribution in [0.4, 0.5) is 0 Å². The van der Waals surface area contributed by atoms with Crippen LogP contribution in [-0.2, 0) is 11.4 Å². The smallest absolute Gasteiger partial charge is 0.330 e. The number of carbonyl (C=O) groups is 2. The Labute approximate surface area is 134 Å². The second-order valence-corrected chi connectivity index (χ2v) is 4.89. The van der Waals surface area contributed by atoms with Crippen LogP contribution in [0.25, 0.3) is 0 Å². The molecule has 0 aliphatic heterocycles. The van der Waals surface area contributed by atoms with Crippen molar-refractivity contribution in [3.63, 3.8) is 0 Å². The van der Waals surface area contributed by atoms with E-state index in [1.165, 1.54) is 6.92 Å². The van der Waals surface area contributed by atoms with E-state index in [0.29, 0.717) is 17.9 Å². The highest BCUT2D eigenvalue weighted by molar-refractivity contribution is 5.98.